The van der Waals surface area contributed by atoms with Gasteiger partial charge in [-0.2, -0.15) is 5.26 Å². The van der Waals surface area contributed by atoms with Crippen LogP contribution < -0.4 is 10.1 Å². The van der Waals surface area contributed by atoms with Crippen LogP contribution in [0, 0.1) is 11.3 Å². The number of nitrogens with one attached hydrogen (secondary N) is 1. The number of carbonyl (C=O) groups is 1. The lowest BCUT2D eigenvalue weighted by Gasteiger charge is -2.41. The summed E-state index contributed by atoms with van der Waals surface area (Å²) in [6, 6.07) is 17.6. The minimum Gasteiger partial charge on any atom is -0.508 e. The van der Waals surface area contributed by atoms with Gasteiger partial charge in [-0.25, -0.2) is 0 Å². The third-order valence-electron chi connectivity index (χ3n) is 7.34. The predicted molar refractivity (Wildman–Crippen MR) is 140 cm³/mol. The van der Waals surface area contributed by atoms with Crippen LogP contribution in [0.3, 0.4) is 0 Å². The predicted octanol–water partition coefficient (Wildman–Crippen LogP) is 4.23. The molecule has 0 radical (unpaired) electrons. The van der Waals surface area contributed by atoms with Crippen LogP contribution in [0.15, 0.2) is 48.5 Å². The largest absolute Gasteiger partial charge is 0.508 e. The summed E-state index contributed by atoms with van der Waals surface area (Å²) < 4.78 is 6.32. The van der Waals surface area contributed by atoms with Gasteiger partial charge in [0.25, 0.3) is 0 Å². The van der Waals surface area contributed by atoms with Gasteiger partial charge in [0.05, 0.1) is 18.2 Å². The van der Waals surface area contributed by atoms with Crippen LogP contribution in [-0.4, -0.2) is 65.6 Å². The fraction of sp³-hybridized carbons (Fsp3) is 0.517. The van der Waals surface area contributed by atoms with Crippen molar-refractivity contribution in [3.8, 4) is 17.6 Å². The number of hydrogen-bond acceptors (Lipinski definition) is 6. The van der Waals surface area contributed by atoms with Crippen molar-refractivity contribution in [1.82, 2.24) is 15.1 Å². The highest BCUT2D eigenvalue weighted by molar-refractivity contribution is 5.78. The molecular weight excluding hydrogens is 452 g/mol. The van der Waals surface area contributed by atoms with Crippen LogP contribution >= 0.6 is 0 Å². The molecule has 3 unspecified atom stereocenters. The summed E-state index contributed by atoms with van der Waals surface area (Å²) in [5.41, 5.74) is 1.68. The maximum atomic E-state index is 12.3. The number of unbranched alkanes of at least 4 members (excludes halogenated alkanes) is 1. The second kappa shape index (κ2) is 12.8. The zero-order chi connectivity index (χ0) is 25.3. The molecule has 1 amide bonds. The van der Waals surface area contributed by atoms with Crippen molar-refractivity contribution >= 4 is 5.91 Å². The number of benzene rings is 2. The van der Waals surface area contributed by atoms with Crippen molar-refractivity contribution in [2.45, 2.75) is 63.6 Å². The van der Waals surface area contributed by atoms with E-state index in [9.17, 15) is 9.90 Å². The Labute approximate surface area is 214 Å². The first kappa shape index (κ1) is 26.0. The lowest BCUT2D eigenvalue weighted by atomic mass is 10.0. The third-order valence-corrected chi connectivity index (χ3v) is 7.34. The topological polar surface area (TPSA) is 88.8 Å². The van der Waals surface area contributed by atoms with Crippen molar-refractivity contribution in [3.05, 3.63) is 59.7 Å². The highest BCUT2D eigenvalue weighted by Gasteiger charge is 2.39. The zero-order valence-corrected chi connectivity index (χ0v) is 21.2. The van der Waals surface area contributed by atoms with Crippen LogP contribution in [0.25, 0.3) is 0 Å². The molecule has 4 rings (SSSR count). The zero-order valence-electron chi connectivity index (χ0n) is 21.2. The second-order valence-electron chi connectivity index (χ2n) is 10.00. The minimum atomic E-state index is -0.131. The molecule has 2 fully saturated rings. The molecule has 2 aromatic carbocycles. The summed E-state index contributed by atoms with van der Waals surface area (Å²) in [5, 5.41) is 21.8. The van der Waals surface area contributed by atoms with E-state index in [1.807, 2.05) is 24.3 Å². The van der Waals surface area contributed by atoms with E-state index in [-0.39, 0.29) is 17.8 Å². The monoisotopic (exact) mass is 490 g/mol. The summed E-state index contributed by atoms with van der Waals surface area (Å²) in [4.78, 5) is 17.2. The Kier molecular flexibility index (Phi) is 9.21. The molecule has 2 bridgehead atoms. The van der Waals surface area contributed by atoms with Gasteiger partial charge in [0.2, 0.25) is 5.91 Å². The molecule has 7 nitrogen and oxygen atoms in total. The van der Waals surface area contributed by atoms with Gasteiger partial charge in [-0.05, 0) is 80.6 Å². The molecule has 2 aliphatic heterocycles. The van der Waals surface area contributed by atoms with E-state index < -0.39 is 0 Å². The van der Waals surface area contributed by atoms with E-state index in [2.05, 4.69) is 28.1 Å². The number of rotatable bonds is 12. The molecule has 2 aliphatic rings. The number of nitriles is 1. The van der Waals surface area contributed by atoms with Crippen molar-refractivity contribution in [3.63, 3.8) is 0 Å². The van der Waals surface area contributed by atoms with Crippen molar-refractivity contribution in [2.24, 2.45) is 0 Å². The molecule has 0 saturated carbocycles. The van der Waals surface area contributed by atoms with Crippen LogP contribution in [0.4, 0.5) is 0 Å². The van der Waals surface area contributed by atoms with Crippen LogP contribution in [0.1, 0.15) is 62.7 Å². The molecule has 0 aliphatic carbocycles. The Hall–Kier alpha value is -3.08. The number of aromatic hydroxyl groups is 1. The van der Waals surface area contributed by atoms with Crippen molar-refractivity contribution in [1.29, 1.82) is 5.26 Å². The number of likely N-dealkylation sites (tertiary alicyclic amines) is 1. The third kappa shape index (κ3) is 6.99. The van der Waals surface area contributed by atoms with Gasteiger partial charge >= 0.3 is 0 Å². The summed E-state index contributed by atoms with van der Waals surface area (Å²) in [5.74, 6) is 1.08. The number of fused-ring (bicyclic) bond motifs is 2. The lowest BCUT2D eigenvalue weighted by Crippen LogP contribution is -2.55. The number of amides is 1. The number of ether oxygens (including phenoxy) is 1. The molecule has 0 spiro atoms. The number of phenols is 1. The molecule has 2 aromatic rings. The maximum Gasteiger partial charge on any atom is 0.234 e. The van der Waals surface area contributed by atoms with E-state index in [0.717, 1.165) is 57.4 Å². The first-order valence-corrected chi connectivity index (χ1v) is 13.3. The fourth-order valence-electron chi connectivity index (χ4n) is 5.45. The van der Waals surface area contributed by atoms with Gasteiger partial charge in [-0.15, -0.1) is 0 Å². The van der Waals surface area contributed by atoms with Crippen LogP contribution in [0.5, 0.6) is 11.5 Å². The smallest absolute Gasteiger partial charge is 0.234 e. The SMILES string of the molecule is CCCCNC(=O)CN1CC2CCC(C1)N2CCCC(Oc1ccc(O)cc1)c1ccc(C#N)cc1. The molecule has 192 valence electrons. The fourth-order valence-corrected chi connectivity index (χ4v) is 5.45. The van der Waals surface area contributed by atoms with Gasteiger partial charge < -0.3 is 15.2 Å². The molecule has 0 aromatic heterocycles. The molecule has 2 saturated heterocycles. The Balaban J connectivity index is 1.31. The van der Waals surface area contributed by atoms with E-state index in [1.165, 1.54) is 12.8 Å². The Morgan fingerprint density at radius 1 is 1.11 bits per heavy atom. The number of nitrogens with zero attached hydrogens (tertiary/aromatic N) is 3. The Bertz CT molecular complexity index is 1000. The standard InChI is InChI=1S/C29H38N4O3/c1-2-3-16-31-29(35)21-32-19-24-10-11-25(20-32)33(24)17-4-5-28(23-8-6-22(18-30)7-9-23)36-27-14-12-26(34)13-15-27/h6-9,12-15,24-25,28,34H,2-5,10-11,16-17,19-21H2,1H3,(H,31,35). The minimum absolute atomic E-state index is 0.131. The van der Waals surface area contributed by atoms with E-state index in [1.54, 1.807) is 24.3 Å². The molecule has 36 heavy (non-hydrogen) atoms. The number of carbonyl (C=O) groups excluding carboxylic acids is 1. The van der Waals surface area contributed by atoms with Gasteiger partial charge in [0.15, 0.2) is 0 Å². The quantitative estimate of drug-likeness (QED) is 0.433. The maximum absolute atomic E-state index is 12.3. The summed E-state index contributed by atoms with van der Waals surface area (Å²) in [7, 11) is 0. The van der Waals surface area contributed by atoms with Crippen molar-refractivity contribution in [2.75, 3.05) is 32.7 Å². The first-order valence-electron chi connectivity index (χ1n) is 13.3. The van der Waals surface area contributed by atoms with Crippen LogP contribution in [0.2, 0.25) is 0 Å². The number of hydrogen-bond donors (Lipinski definition) is 2. The molecule has 2 heterocycles. The van der Waals surface area contributed by atoms with Gasteiger partial charge in [0, 0.05) is 31.7 Å². The van der Waals surface area contributed by atoms with E-state index in [0.29, 0.717) is 29.9 Å². The van der Waals surface area contributed by atoms with Crippen molar-refractivity contribution < 1.29 is 14.6 Å². The normalized spacial score (nSPS) is 20.6. The summed E-state index contributed by atoms with van der Waals surface area (Å²) in [6.07, 6.45) is 6.23. The van der Waals surface area contributed by atoms with Gasteiger partial charge in [-0.1, -0.05) is 25.5 Å². The number of piperazine rings is 1. The molecule has 3 atom stereocenters. The molecule has 2 N–H and O–H groups in total. The van der Waals surface area contributed by atoms with E-state index >= 15 is 0 Å². The molecule has 7 heteroatoms. The van der Waals surface area contributed by atoms with Crippen LogP contribution in [-0.2, 0) is 4.79 Å². The Morgan fingerprint density at radius 3 is 2.44 bits per heavy atom. The first-order chi connectivity index (χ1) is 17.6. The lowest BCUT2D eigenvalue weighted by molar-refractivity contribution is -0.123. The second-order valence-corrected chi connectivity index (χ2v) is 10.00. The highest BCUT2D eigenvalue weighted by Crippen LogP contribution is 2.32. The van der Waals surface area contributed by atoms with Gasteiger partial charge in [-0.3, -0.25) is 14.6 Å². The average molecular weight is 491 g/mol. The van der Waals surface area contributed by atoms with Gasteiger partial charge in [0.1, 0.15) is 17.6 Å². The number of phenolic OH excluding ortho intramolecular Hbond substituents is 1. The van der Waals surface area contributed by atoms with E-state index in [4.69, 9.17) is 10.00 Å². The summed E-state index contributed by atoms with van der Waals surface area (Å²) in [6.45, 7) is 6.34. The molecular formula is C29H38N4O3. The summed E-state index contributed by atoms with van der Waals surface area (Å²) >= 11 is 0. The average Bonchev–Trinajstić information content (AvgIpc) is 3.12. The Morgan fingerprint density at radius 2 is 1.81 bits per heavy atom. The highest BCUT2D eigenvalue weighted by atomic mass is 16.5.